The zero-order valence-electron chi connectivity index (χ0n) is 5.02. The van der Waals surface area contributed by atoms with Crippen molar-refractivity contribution in [3.8, 4) is 5.75 Å². The van der Waals surface area contributed by atoms with E-state index in [1.165, 1.54) is 6.20 Å². The summed E-state index contributed by atoms with van der Waals surface area (Å²) in [7, 11) is -0.960. The van der Waals surface area contributed by atoms with Crippen LogP contribution in [0.5, 0.6) is 5.75 Å². The third kappa shape index (κ3) is 0.681. The molecule has 10 heavy (non-hydrogen) atoms. The molecule has 1 aromatic heterocycles. The second kappa shape index (κ2) is 1.97. The lowest BCUT2D eigenvalue weighted by atomic mass is 9.81. The van der Waals surface area contributed by atoms with Crippen molar-refractivity contribution in [3.63, 3.8) is 0 Å². The molecule has 0 atom stereocenters. The van der Waals surface area contributed by atoms with Gasteiger partial charge in [0.1, 0.15) is 0 Å². The molecule has 0 aliphatic carbocycles. The molecule has 0 aromatic carbocycles. The molecule has 2 heterocycles. The number of hydrogen-bond donors (Lipinski definition) is 1. The molecule has 0 saturated heterocycles. The van der Waals surface area contributed by atoms with E-state index in [9.17, 15) is 0 Å². The Hall–Kier alpha value is -1.07. The lowest BCUT2D eigenvalue weighted by molar-refractivity contribution is -0.104. The Morgan fingerprint density at radius 2 is 2.50 bits per heavy atom. The summed E-state index contributed by atoms with van der Waals surface area (Å²) in [5.41, 5.74) is 0.620. The minimum Gasteiger partial charge on any atom is -0.421 e. The number of aromatic nitrogens is 1. The van der Waals surface area contributed by atoms with Gasteiger partial charge in [-0.15, -0.1) is 0 Å². The Labute approximate surface area is 57.5 Å². The Balaban J connectivity index is 2.51. The second-order valence-corrected chi connectivity index (χ2v) is 1.95. The van der Waals surface area contributed by atoms with Crippen LogP contribution in [0.15, 0.2) is 18.5 Å². The summed E-state index contributed by atoms with van der Waals surface area (Å²) < 4.78 is 0. The van der Waals surface area contributed by atoms with Gasteiger partial charge < -0.3 is 9.91 Å². The third-order valence-corrected chi connectivity index (χ3v) is 1.31. The van der Waals surface area contributed by atoms with Gasteiger partial charge in [0, 0.05) is 11.7 Å². The fourth-order valence-corrected chi connectivity index (χ4v) is 0.814. The van der Waals surface area contributed by atoms with E-state index in [1.807, 2.05) is 0 Å². The van der Waals surface area contributed by atoms with Gasteiger partial charge in [-0.3, -0.25) is 4.98 Å². The first-order valence-corrected chi connectivity index (χ1v) is 2.83. The van der Waals surface area contributed by atoms with E-state index in [1.54, 1.807) is 12.3 Å². The van der Waals surface area contributed by atoms with Crippen LogP contribution in [0.1, 0.15) is 0 Å². The highest BCUT2D eigenvalue weighted by atomic mass is 17.2. The molecule has 0 fully saturated rings. The van der Waals surface area contributed by atoms with E-state index in [-0.39, 0.29) is 0 Å². The summed E-state index contributed by atoms with van der Waals surface area (Å²) in [6, 6.07) is 1.65. The van der Waals surface area contributed by atoms with Crippen LogP contribution in [0.4, 0.5) is 0 Å². The first kappa shape index (κ1) is 5.70. The normalized spacial score (nSPS) is 14.7. The number of nitrogens with zero attached hydrogens (tertiary/aromatic N) is 1. The molecule has 1 N–H and O–H groups in total. The molecular formula is C5H4BNO3. The Kier molecular flexibility index (Phi) is 1.12. The molecule has 1 aliphatic rings. The highest BCUT2D eigenvalue weighted by Crippen LogP contribution is 2.11. The minimum atomic E-state index is -0.960. The first-order chi connectivity index (χ1) is 4.88. The van der Waals surface area contributed by atoms with E-state index < -0.39 is 7.12 Å². The third-order valence-electron chi connectivity index (χ3n) is 1.31. The molecule has 0 unspecified atom stereocenters. The van der Waals surface area contributed by atoms with Crippen molar-refractivity contribution < 1.29 is 14.7 Å². The Morgan fingerprint density at radius 1 is 1.60 bits per heavy atom. The fraction of sp³-hybridized carbons (Fsp3) is 0. The van der Waals surface area contributed by atoms with Gasteiger partial charge >= 0.3 is 7.12 Å². The topological polar surface area (TPSA) is 51.6 Å². The van der Waals surface area contributed by atoms with Crippen LogP contribution in [-0.2, 0) is 4.81 Å². The molecule has 0 radical (unpaired) electrons. The van der Waals surface area contributed by atoms with E-state index >= 15 is 0 Å². The highest BCUT2D eigenvalue weighted by molar-refractivity contribution is 6.61. The van der Waals surface area contributed by atoms with Crippen LogP contribution in [0.3, 0.4) is 0 Å². The maximum absolute atomic E-state index is 9.01. The van der Waals surface area contributed by atoms with Gasteiger partial charge in [-0.25, -0.2) is 4.81 Å². The molecule has 0 amide bonds. The largest absolute Gasteiger partial charge is 0.542 e. The van der Waals surface area contributed by atoms with E-state index in [4.69, 9.17) is 5.02 Å². The standard InChI is InChI=1S/C5H4BNO3/c8-6-4-1-2-7-3-5(4)9-10-6/h1-3,8H. The highest BCUT2D eigenvalue weighted by Gasteiger charge is 2.30. The van der Waals surface area contributed by atoms with Crippen molar-refractivity contribution in [1.82, 2.24) is 4.98 Å². The Morgan fingerprint density at radius 3 is 3.30 bits per heavy atom. The predicted octanol–water partition coefficient (Wildman–Crippen LogP) is -0.907. The summed E-state index contributed by atoms with van der Waals surface area (Å²) in [6.07, 6.45) is 3.06. The molecule has 4 nitrogen and oxygen atoms in total. The summed E-state index contributed by atoms with van der Waals surface area (Å²) in [6.45, 7) is 0. The van der Waals surface area contributed by atoms with E-state index in [0.717, 1.165) is 0 Å². The summed E-state index contributed by atoms with van der Waals surface area (Å²) in [5, 5.41) is 9.01. The molecule has 0 spiro atoms. The van der Waals surface area contributed by atoms with Gasteiger partial charge in [-0.1, -0.05) is 0 Å². The molecule has 1 aliphatic heterocycles. The van der Waals surface area contributed by atoms with Gasteiger partial charge in [0.15, 0.2) is 5.75 Å². The predicted molar refractivity (Wildman–Crippen MR) is 33.6 cm³/mol. The van der Waals surface area contributed by atoms with E-state index in [2.05, 4.69) is 14.7 Å². The number of hydrogen-bond acceptors (Lipinski definition) is 4. The molecule has 5 heteroatoms. The zero-order valence-corrected chi connectivity index (χ0v) is 5.02. The first-order valence-electron chi connectivity index (χ1n) is 2.83. The number of fused-ring (bicyclic) bond motifs is 1. The van der Waals surface area contributed by atoms with Gasteiger partial charge in [0.2, 0.25) is 0 Å². The molecule has 50 valence electrons. The van der Waals surface area contributed by atoms with Gasteiger partial charge in [0.25, 0.3) is 0 Å². The monoisotopic (exact) mass is 137 g/mol. The van der Waals surface area contributed by atoms with Crippen LogP contribution >= 0.6 is 0 Å². The second-order valence-electron chi connectivity index (χ2n) is 1.95. The van der Waals surface area contributed by atoms with Gasteiger partial charge in [0.05, 0.1) is 6.20 Å². The van der Waals surface area contributed by atoms with Crippen LogP contribution in [0, 0.1) is 0 Å². The molecular weight excluding hydrogens is 133 g/mol. The summed E-state index contributed by atoms with van der Waals surface area (Å²) in [5.74, 6) is 0.481. The average molecular weight is 137 g/mol. The summed E-state index contributed by atoms with van der Waals surface area (Å²) in [4.78, 5) is 12.8. The van der Waals surface area contributed by atoms with Crippen LogP contribution in [-0.4, -0.2) is 17.1 Å². The maximum atomic E-state index is 9.01. The van der Waals surface area contributed by atoms with Crippen LogP contribution in [0.2, 0.25) is 0 Å². The van der Waals surface area contributed by atoms with Gasteiger partial charge in [-0.2, -0.15) is 0 Å². The zero-order chi connectivity index (χ0) is 6.97. The minimum absolute atomic E-state index is 0.481. The van der Waals surface area contributed by atoms with Gasteiger partial charge in [-0.05, 0) is 6.07 Å². The molecule has 1 aromatic rings. The number of pyridine rings is 1. The lowest BCUT2D eigenvalue weighted by Gasteiger charge is -1.89. The lowest BCUT2D eigenvalue weighted by Crippen LogP contribution is -2.26. The van der Waals surface area contributed by atoms with Crippen molar-refractivity contribution >= 4 is 12.6 Å². The quantitative estimate of drug-likeness (QED) is 0.371. The molecule has 0 saturated carbocycles. The fourth-order valence-electron chi connectivity index (χ4n) is 0.814. The average Bonchev–Trinajstić information content (AvgIpc) is 2.34. The van der Waals surface area contributed by atoms with Crippen molar-refractivity contribution in [1.29, 1.82) is 0 Å². The van der Waals surface area contributed by atoms with Crippen molar-refractivity contribution in [2.45, 2.75) is 0 Å². The SMILES string of the molecule is OB1OOc2cnccc21. The maximum Gasteiger partial charge on any atom is 0.542 e. The van der Waals surface area contributed by atoms with Crippen molar-refractivity contribution in [2.75, 3.05) is 0 Å². The van der Waals surface area contributed by atoms with Crippen molar-refractivity contribution in [3.05, 3.63) is 18.5 Å². The summed E-state index contributed by atoms with van der Waals surface area (Å²) >= 11 is 0. The van der Waals surface area contributed by atoms with Crippen LogP contribution < -0.4 is 10.4 Å². The van der Waals surface area contributed by atoms with Crippen molar-refractivity contribution in [2.24, 2.45) is 0 Å². The Bertz CT molecular complexity index is 254. The molecule has 2 rings (SSSR count). The van der Waals surface area contributed by atoms with Crippen LogP contribution in [0.25, 0.3) is 0 Å². The van der Waals surface area contributed by atoms with E-state index in [0.29, 0.717) is 11.2 Å². The smallest absolute Gasteiger partial charge is 0.421 e. The number of rotatable bonds is 0. The molecule has 0 bridgehead atoms.